The third-order valence-corrected chi connectivity index (χ3v) is 2.12. The molecular weight excluding hydrogens is 172 g/mol. The fraction of sp³-hybridized carbons (Fsp3) is 0.875. The zero-order valence-corrected chi connectivity index (χ0v) is 7.75. The fourth-order valence-electron chi connectivity index (χ4n) is 1.54. The molecule has 0 radical (unpaired) electrons. The summed E-state index contributed by atoms with van der Waals surface area (Å²) in [5, 5.41) is 14.2. The number of hydrogen-bond donors (Lipinski definition) is 3. The average molecular weight is 188 g/mol. The Bertz CT molecular complexity index is 173. The van der Waals surface area contributed by atoms with Crippen LogP contribution in [0.2, 0.25) is 0 Å². The van der Waals surface area contributed by atoms with Gasteiger partial charge in [0, 0.05) is 13.2 Å². The SMILES string of the molecule is CCO[C@@H]1CNCC[C@@H]1NC(=O)O. The summed E-state index contributed by atoms with van der Waals surface area (Å²) in [5.41, 5.74) is 0. The summed E-state index contributed by atoms with van der Waals surface area (Å²) in [6.45, 7) is 4.09. The van der Waals surface area contributed by atoms with Gasteiger partial charge in [-0.1, -0.05) is 0 Å². The minimum absolute atomic E-state index is 0.0325. The van der Waals surface area contributed by atoms with E-state index in [1.165, 1.54) is 0 Å². The summed E-state index contributed by atoms with van der Waals surface area (Å²) in [6, 6.07) is -0.0706. The van der Waals surface area contributed by atoms with Crippen LogP contribution in [0.3, 0.4) is 0 Å². The monoisotopic (exact) mass is 188 g/mol. The van der Waals surface area contributed by atoms with Crippen molar-refractivity contribution in [2.75, 3.05) is 19.7 Å². The molecule has 76 valence electrons. The Morgan fingerprint density at radius 2 is 2.54 bits per heavy atom. The number of carbonyl (C=O) groups is 1. The van der Waals surface area contributed by atoms with Crippen LogP contribution in [0.5, 0.6) is 0 Å². The van der Waals surface area contributed by atoms with Crippen LogP contribution in [0.1, 0.15) is 13.3 Å². The summed E-state index contributed by atoms with van der Waals surface area (Å²) < 4.78 is 5.41. The van der Waals surface area contributed by atoms with Gasteiger partial charge in [0.25, 0.3) is 0 Å². The molecule has 1 aliphatic rings. The van der Waals surface area contributed by atoms with Crippen LogP contribution in [-0.4, -0.2) is 43.0 Å². The molecule has 1 heterocycles. The molecule has 1 fully saturated rings. The Balaban J connectivity index is 2.41. The molecule has 3 N–H and O–H groups in total. The molecule has 1 saturated heterocycles. The average Bonchev–Trinajstić information content (AvgIpc) is 2.08. The first-order chi connectivity index (χ1) is 6.24. The van der Waals surface area contributed by atoms with E-state index in [9.17, 15) is 4.79 Å². The maximum absolute atomic E-state index is 10.4. The Hall–Kier alpha value is -0.810. The van der Waals surface area contributed by atoms with Gasteiger partial charge < -0.3 is 20.5 Å². The molecule has 0 aromatic rings. The number of piperidine rings is 1. The van der Waals surface area contributed by atoms with Gasteiger partial charge >= 0.3 is 6.09 Å². The second kappa shape index (κ2) is 5.04. The first-order valence-electron chi connectivity index (χ1n) is 4.55. The quantitative estimate of drug-likeness (QED) is 0.584. The van der Waals surface area contributed by atoms with Crippen molar-refractivity contribution in [1.82, 2.24) is 10.6 Å². The minimum atomic E-state index is -0.975. The third-order valence-electron chi connectivity index (χ3n) is 2.12. The van der Waals surface area contributed by atoms with Crippen LogP contribution in [0, 0.1) is 0 Å². The molecule has 13 heavy (non-hydrogen) atoms. The highest BCUT2D eigenvalue weighted by molar-refractivity contribution is 5.64. The molecule has 2 atom stereocenters. The lowest BCUT2D eigenvalue weighted by molar-refractivity contribution is 0.0220. The summed E-state index contributed by atoms with van der Waals surface area (Å²) >= 11 is 0. The molecule has 0 aromatic carbocycles. The standard InChI is InChI=1S/C8H16N2O3/c1-2-13-7-5-9-4-3-6(7)10-8(11)12/h6-7,9-10H,2-5H2,1H3,(H,11,12)/t6-,7+/m0/s1. The molecule has 0 spiro atoms. The van der Waals surface area contributed by atoms with Crippen LogP contribution in [0.25, 0.3) is 0 Å². The highest BCUT2D eigenvalue weighted by Crippen LogP contribution is 2.07. The highest BCUT2D eigenvalue weighted by atomic mass is 16.5. The molecule has 0 unspecified atom stereocenters. The van der Waals surface area contributed by atoms with Crippen LogP contribution < -0.4 is 10.6 Å². The summed E-state index contributed by atoms with van der Waals surface area (Å²) in [6.07, 6.45) is -0.219. The lowest BCUT2D eigenvalue weighted by Gasteiger charge is -2.31. The predicted molar refractivity (Wildman–Crippen MR) is 47.8 cm³/mol. The number of hydrogen-bond acceptors (Lipinski definition) is 3. The van der Waals surface area contributed by atoms with Gasteiger partial charge in [0.1, 0.15) is 0 Å². The minimum Gasteiger partial charge on any atom is -0.465 e. The van der Waals surface area contributed by atoms with Gasteiger partial charge in [-0.2, -0.15) is 0 Å². The van der Waals surface area contributed by atoms with Crippen molar-refractivity contribution in [2.45, 2.75) is 25.5 Å². The van der Waals surface area contributed by atoms with E-state index in [2.05, 4.69) is 10.6 Å². The fourth-order valence-corrected chi connectivity index (χ4v) is 1.54. The van der Waals surface area contributed by atoms with Crippen LogP contribution in [0.4, 0.5) is 4.79 Å². The second-order valence-corrected chi connectivity index (χ2v) is 3.04. The maximum Gasteiger partial charge on any atom is 0.404 e. The Morgan fingerprint density at radius 1 is 1.77 bits per heavy atom. The van der Waals surface area contributed by atoms with E-state index in [1.807, 2.05) is 6.92 Å². The molecule has 0 aromatic heterocycles. The van der Waals surface area contributed by atoms with Crippen LogP contribution in [0.15, 0.2) is 0 Å². The summed E-state index contributed by atoms with van der Waals surface area (Å²) in [4.78, 5) is 10.4. The van der Waals surface area contributed by atoms with Gasteiger partial charge in [0.15, 0.2) is 0 Å². The first kappa shape index (κ1) is 10.3. The van der Waals surface area contributed by atoms with Crippen molar-refractivity contribution in [3.05, 3.63) is 0 Å². The van der Waals surface area contributed by atoms with Gasteiger partial charge in [0.2, 0.25) is 0 Å². The van der Waals surface area contributed by atoms with Crippen molar-refractivity contribution in [3.63, 3.8) is 0 Å². The smallest absolute Gasteiger partial charge is 0.404 e. The van der Waals surface area contributed by atoms with E-state index in [0.717, 1.165) is 19.5 Å². The van der Waals surface area contributed by atoms with Crippen molar-refractivity contribution >= 4 is 6.09 Å². The highest BCUT2D eigenvalue weighted by Gasteiger charge is 2.26. The van der Waals surface area contributed by atoms with E-state index < -0.39 is 6.09 Å². The van der Waals surface area contributed by atoms with Crippen molar-refractivity contribution in [1.29, 1.82) is 0 Å². The topological polar surface area (TPSA) is 70.6 Å². The second-order valence-electron chi connectivity index (χ2n) is 3.04. The van der Waals surface area contributed by atoms with Gasteiger partial charge in [-0.25, -0.2) is 4.79 Å². The molecular formula is C8H16N2O3. The number of rotatable bonds is 3. The summed E-state index contributed by atoms with van der Waals surface area (Å²) in [7, 11) is 0. The molecule has 5 heteroatoms. The molecule has 5 nitrogen and oxygen atoms in total. The molecule has 0 aliphatic carbocycles. The van der Waals surface area contributed by atoms with Crippen LogP contribution >= 0.6 is 0 Å². The number of nitrogens with one attached hydrogen (secondary N) is 2. The van der Waals surface area contributed by atoms with Gasteiger partial charge in [0.05, 0.1) is 12.1 Å². The van der Waals surface area contributed by atoms with E-state index in [4.69, 9.17) is 9.84 Å². The molecule has 1 amide bonds. The van der Waals surface area contributed by atoms with E-state index >= 15 is 0 Å². The van der Waals surface area contributed by atoms with Crippen molar-refractivity contribution in [3.8, 4) is 0 Å². The van der Waals surface area contributed by atoms with Crippen molar-refractivity contribution in [2.24, 2.45) is 0 Å². The van der Waals surface area contributed by atoms with E-state index in [-0.39, 0.29) is 12.1 Å². The Morgan fingerprint density at radius 3 is 3.15 bits per heavy atom. The predicted octanol–water partition coefficient (Wildman–Crippen LogP) is 0.0210. The molecule has 0 bridgehead atoms. The maximum atomic E-state index is 10.4. The largest absolute Gasteiger partial charge is 0.465 e. The first-order valence-corrected chi connectivity index (χ1v) is 4.55. The Kier molecular flexibility index (Phi) is 3.98. The number of amides is 1. The van der Waals surface area contributed by atoms with E-state index in [0.29, 0.717) is 6.61 Å². The van der Waals surface area contributed by atoms with Gasteiger partial charge in [-0.3, -0.25) is 0 Å². The van der Waals surface area contributed by atoms with Crippen molar-refractivity contribution < 1.29 is 14.6 Å². The number of ether oxygens (including phenoxy) is 1. The van der Waals surface area contributed by atoms with Gasteiger partial charge in [-0.05, 0) is 19.9 Å². The third kappa shape index (κ3) is 3.20. The molecule has 1 rings (SSSR count). The summed E-state index contributed by atoms with van der Waals surface area (Å²) in [5.74, 6) is 0. The zero-order chi connectivity index (χ0) is 9.68. The molecule has 1 aliphatic heterocycles. The molecule has 0 saturated carbocycles. The number of carboxylic acid groups (broad SMARTS) is 1. The zero-order valence-electron chi connectivity index (χ0n) is 7.75. The lowest BCUT2D eigenvalue weighted by atomic mass is 10.0. The Labute approximate surface area is 77.5 Å². The lowest BCUT2D eigenvalue weighted by Crippen LogP contribution is -2.53. The van der Waals surface area contributed by atoms with E-state index in [1.54, 1.807) is 0 Å². The van der Waals surface area contributed by atoms with Crippen LogP contribution in [-0.2, 0) is 4.74 Å². The normalized spacial score (nSPS) is 28.4. The van der Waals surface area contributed by atoms with Gasteiger partial charge in [-0.15, -0.1) is 0 Å².